The van der Waals surface area contributed by atoms with Gasteiger partial charge in [-0.2, -0.15) is 0 Å². The Morgan fingerprint density at radius 3 is 2.95 bits per heavy atom. The number of nitrogens with one attached hydrogen (secondary N) is 1. The van der Waals surface area contributed by atoms with Crippen molar-refractivity contribution in [3.63, 3.8) is 0 Å². The fourth-order valence-electron chi connectivity index (χ4n) is 2.50. The molecule has 0 aromatic heterocycles. The van der Waals surface area contributed by atoms with E-state index in [1.165, 1.54) is 0 Å². The number of benzene rings is 1. The van der Waals surface area contributed by atoms with Gasteiger partial charge < -0.3 is 19.9 Å². The molecule has 0 amide bonds. The number of methoxy groups -OCH3 is 1. The third-order valence-electron chi connectivity index (χ3n) is 3.87. The van der Waals surface area contributed by atoms with Gasteiger partial charge in [0.25, 0.3) is 0 Å². The molecule has 0 aliphatic carbocycles. The molecule has 20 heavy (non-hydrogen) atoms. The first kappa shape index (κ1) is 15.1. The summed E-state index contributed by atoms with van der Waals surface area (Å²) in [4.78, 5) is 0. The minimum absolute atomic E-state index is 0.0894. The van der Waals surface area contributed by atoms with E-state index in [1.54, 1.807) is 7.11 Å². The van der Waals surface area contributed by atoms with Crippen LogP contribution >= 0.6 is 0 Å². The number of aliphatic hydroxyl groups excluding tert-OH is 1. The van der Waals surface area contributed by atoms with E-state index in [2.05, 4.69) is 19.2 Å². The summed E-state index contributed by atoms with van der Waals surface area (Å²) in [5, 5.41) is 12.7. The highest BCUT2D eigenvalue weighted by Crippen LogP contribution is 2.35. The normalized spacial score (nSPS) is 18.3. The Bertz CT molecular complexity index is 445. The second kappa shape index (κ2) is 6.46. The van der Waals surface area contributed by atoms with Crippen molar-refractivity contribution in [3.8, 4) is 11.5 Å². The summed E-state index contributed by atoms with van der Waals surface area (Å²) in [5.74, 6) is 1.80. The maximum atomic E-state index is 9.10. The Morgan fingerprint density at radius 2 is 2.25 bits per heavy atom. The Labute approximate surface area is 121 Å². The van der Waals surface area contributed by atoms with Gasteiger partial charge in [0, 0.05) is 31.2 Å². The van der Waals surface area contributed by atoms with Gasteiger partial charge in [-0.05, 0) is 30.0 Å². The van der Waals surface area contributed by atoms with Crippen molar-refractivity contribution in [3.05, 3.63) is 23.8 Å². The van der Waals surface area contributed by atoms with E-state index in [0.29, 0.717) is 0 Å². The quantitative estimate of drug-likeness (QED) is 0.840. The summed E-state index contributed by atoms with van der Waals surface area (Å²) < 4.78 is 11.0. The first-order chi connectivity index (χ1) is 9.55. The smallest absolute Gasteiger partial charge is 0.124 e. The van der Waals surface area contributed by atoms with E-state index >= 15 is 0 Å². The molecule has 0 saturated heterocycles. The van der Waals surface area contributed by atoms with Crippen molar-refractivity contribution < 1.29 is 14.6 Å². The highest BCUT2D eigenvalue weighted by Gasteiger charge is 2.25. The average Bonchev–Trinajstić information content (AvgIpc) is 2.44. The van der Waals surface area contributed by atoms with Crippen LogP contribution in [0.15, 0.2) is 18.2 Å². The zero-order valence-electron chi connectivity index (χ0n) is 12.6. The number of hydrogen-bond donors (Lipinski definition) is 2. The van der Waals surface area contributed by atoms with Gasteiger partial charge >= 0.3 is 0 Å². The summed E-state index contributed by atoms with van der Waals surface area (Å²) >= 11 is 0. The Hall–Kier alpha value is -1.26. The maximum absolute atomic E-state index is 9.10. The van der Waals surface area contributed by atoms with Gasteiger partial charge in [0.05, 0.1) is 13.7 Å². The zero-order valence-corrected chi connectivity index (χ0v) is 12.6. The third-order valence-corrected chi connectivity index (χ3v) is 3.87. The monoisotopic (exact) mass is 279 g/mol. The highest BCUT2D eigenvalue weighted by molar-refractivity contribution is 5.43. The van der Waals surface area contributed by atoms with Crippen LogP contribution in [-0.2, 0) is 0 Å². The standard InChI is InChI=1S/C16H25NO3/c1-16(2,7-8-18)11-17-14-6-9-20-15-5-4-12(19-3)10-13(14)15/h4-5,10,14,17-18H,6-9,11H2,1-3H3. The van der Waals surface area contributed by atoms with Crippen LogP contribution in [-0.4, -0.2) is 32.0 Å². The van der Waals surface area contributed by atoms with Gasteiger partial charge in [-0.15, -0.1) is 0 Å². The van der Waals surface area contributed by atoms with Crippen molar-refractivity contribution in [2.24, 2.45) is 5.41 Å². The molecule has 4 heteroatoms. The minimum atomic E-state index is 0.0894. The van der Waals surface area contributed by atoms with E-state index in [0.717, 1.165) is 43.1 Å². The lowest BCUT2D eigenvalue weighted by Crippen LogP contribution is -2.35. The van der Waals surface area contributed by atoms with Crippen LogP contribution in [0.5, 0.6) is 11.5 Å². The molecule has 1 aliphatic heterocycles. The second-order valence-electron chi connectivity index (χ2n) is 6.11. The third kappa shape index (κ3) is 3.64. The molecule has 0 fully saturated rings. The molecule has 0 radical (unpaired) electrons. The maximum Gasteiger partial charge on any atom is 0.124 e. The predicted octanol–water partition coefficient (Wildman–Crippen LogP) is 2.52. The lowest BCUT2D eigenvalue weighted by Gasteiger charge is -2.31. The van der Waals surface area contributed by atoms with E-state index in [9.17, 15) is 0 Å². The Kier molecular flexibility index (Phi) is 4.89. The molecule has 1 unspecified atom stereocenters. The fourth-order valence-corrected chi connectivity index (χ4v) is 2.50. The second-order valence-corrected chi connectivity index (χ2v) is 6.11. The van der Waals surface area contributed by atoms with E-state index in [-0.39, 0.29) is 18.1 Å². The fraction of sp³-hybridized carbons (Fsp3) is 0.625. The van der Waals surface area contributed by atoms with Crippen LogP contribution in [0.2, 0.25) is 0 Å². The first-order valence-electron chi connectivity index (χ1n) is 7.21. The van der Waals surface area contributed by atoms with Crippen molar-refractivity contribution in [1.29, 1.82) is 0 Å². The zero-order chi connectivity index (χ0) is 14.6. The van der Waals surface area contributed by atoms with E-state index in [1.807, 2.05) is 18.2 Å². The molecule has 1 atom stereocenters. The molecule has 0 bridgehead atoms. The summed E-state index contributed by atoms with van der Waals surface area (Å²) in [6, 6.07) is 6.23. The van der Waals surface area contributed by atoms with Crippen LogP contribution < -0.4 is 14.8 Å². The van der Waals surface area contributed by atoms with Crippen molar-refractivity contribution in [2.75, 3.05) is 26.9 Å². The van der Waals surface area contributed by atoms with Gasteiger partial charge in [0.1, 0.15) is 11.5 Å². The Balaban J connectivity index is 2.08. The summed E-state index contributed by atoms with van der Waals surface area (Å²) in [6.07, 6.45) is 1.75. The van der Waals surface area contributed by atoms with Gasteiger partial charge in [0.15, 0.2) is 0 Å². The van der Waals surface area contributed by atoms with Crippen LogP contribution in [0, 0.1) is 5.41 Å². The van der Waals surface area contributed by atoms with E-state index < -0.39 is 0 Å². The van der Waals surface area contributed by atoms with Crippen LogP contribution in [0.3, 0.4) is 0 Å². The number of ether oxygens (including phenoxy) is 2. The van der Waals surface area contributed by atoms with Crippen molar-refractivity contribution in [2.45, 2.75) is 32.7 Å². The molecule has 1 aromatic carbocycles. The van der Waals surface area contributed by atoms with Crippen molar-refractivity contribution in [1.82, 2.24) is 5.32 Å². The van der Waals surface area contributed by atoms with Gasteiger partial charge in [-0.1, -0.05) is 13.8 Å². The molecule has 0 saturated carbocycles. The summed E-state index contributed by atoms with van der Waals surface area (Å²) in [6.45, 7) is 6.17. The topological polar surface area (TPSA) is 50.7 Å². The SMILES string of the molecule is COc1ccc2c(c1)C(NCC(C)(C)CCO)CCO2. The van der Waals surface area contributed by atoms with Crippen molar-refractivity contribution >= 4 is 0 Å². The highest BCUT2D eigenvalue weighted by atomic mass is 16.5. The first-order valence-corrected chi connectivity index (χ1v) is 7.21. The number of rotatable bonds is 6. The number of aliphatic hydroxyl groups is 1. The molecule has 4 nitrogen and oxygen atoms in total. The number of hydrogen-bond acceptors (Lipinski definition) is 4. The largest absolute Gasteiger partial charge is 0.497 e. The van der Waals surface area contributed by atoms with Gasteiger partial charge in [0.2, 0.25) is 0 Å². The molecular formula is C16H25NO3. The predicted molar refractivity (Wildman–Crippen MR) is 79.3 cm³/mol. The van der Waals surface area contributed by atoms with Gasteiger partial charge in [-0.25, -0.2) is 0 Å². The molecule has 1 heterocycles. The molecule has 1 aromatic rings. The molecule has 2 rings (SSSR count). The summed E-state index contributed by atoms with van der Waals surface area (Å²) in [5.41, 5.74) is 1.25. The molecule has 1 aliphatic rings. The van der Waals surface area contributed by atoms with Crippen LogP contribution in [0.25, 0.3) is 0 Å². The molecule has 0 spiro atoms. The van der Waals surface area contributed by atoms with Gasteiger partial charge in [-0.3, -0.25) is 0 Å². The van der Waals surface area contributed by atoms with Crippen LogP contribution in [0.4, 0.5) is 0 Å². The lowest BCUT2D eigenvalue weighted by atomic mass is 9.88. The molecule has 112 valence electrons. The van der Waals surface area contributed by atoms with Crippen LogP contribution in [0.1, 0.15) is 38.3 Å². The number of fused-ring (bicyclic) bond motifs is 1. The summed E-state index contributed by atoms with van der Waals surface area (Å²) in [7, 11) is 1.68. The lowest BCUT2D eigenvalue weighted by molar-refractivity contribution is 0.192. The molecular weight excluding hydrogens is 254 g/mol. The minimum Gasteiger partial charge on any atom is -0.497 e. The molecule has 2 N–H and O–H groups in total. The van der Waals surface area contributed by atoms with E-state index in [4.69, 9.17) is 14.6 Å². The Morgan fingerprint density at radius 1 is 1.45 bits per heavy atom. The average molecular weight is 279 g/mol.